The first-order valence-electron chi connectivity index (χ1n) is 8.73. The molecule has 1 aliphatic heterocycles. The van der Waals surface area contributed by atoms with Gasteiger partial charge in [0.2, 0.25) is 0 Å². The van der Waals surface area contributed by atoms with Crippen LogP contribution in [0.2, 0.25) is 0 Å². The number of amidine groups is 1. The zero-order chi connectivity index (χ0) is 18.6. The summed E-state index contributed by atoms with van der Waals surface area (Å²) in [5, 5.41) is 1.98. The van der Waals surface area contributed by atoms with Crippen LogP contribution in [0.5, 0.6) is 5.75 Å². The van der Waals surface area contributed by atoms with Crippen LogP contribution in [-0.2, 0) is 4.79 Å². The lowest BCUT2D eigenvalue weighted by Crippen LogP contribution is -2.32. The van der Waals surface area contributed by atoms with Gasteiger partial charge in [-0.25, -0.2) is 4.99 Å². The van der Waals surface area contributed by atoms with Crippen molar-refractivity contribution in [1.82, 2.24) is 0 Å². The number of nitrogens with zero attached hydrogens (tertiary/aromatic N) is 2. The average Bonchev–Trinajstić information content (AvgIpc) is 3.32. The van der Waals surface area contributed by atoms with Gasteiger partial charge in [0, 0.05) is 10.4 Å². The van der Waals surface area contributed by atoms with Crippen LogP contribution in [0.4, 0.5) is 5.69 Å². The minimum atomic E-state index is -0.133. The number of aliphatic imine (C=N–C) groups is 1. The van der Waals surface area contributed by atoms with Crippen molar-refractivity contribution in [3.05, 3.63) is 88.2 Å². The molecule has 0 atom stereocenters. The van der Waals surface area contributed by atoms with Crippen LogP contribution in [-0.4, -0.2) is 18.3 Å². The third-order valence-electron chi connectivity index (χ3n) is 4.12. The van der Waals surface area contributed by atoms with E-state index in [0.717, 1.165) is 21.9 Å². The molecule has 3 aromatic rings. The number of hydrogen-bond acceptors (Lipinski definition) is 4. The maximum atomic E-state index is 13.1. The topological polar surface area (TPSA) is 41.9 Å². The number of rotatable bonds is 5. The zero-order valence-electron chi connectivity index (χ0n) is 14.8. The lowest BCUT2D eigenvalue weighted by molar-refractivity contribution is -0.113. The quantitative estimate of drug-likeness (QED) is 0.591. The second-order valence-electron chi connectivity index (χ2n) is 5.91. The number of carbonyl (C=O) groups is 1. The van der Waals surface area contributed by atoms with Crippen molar-refractivity contribution < 1.29 is 9.53 Å². The van der Waals surface area contributed by atoms with Crippen LogP contribution >= 0.6 is 11.3 Å². The molecule has 0 N–H and O–H groups in total. The van der Waals surface area contributed by atoms with Gasteiger partial charge in [-0.1, -0.05) is 36.4 Å². The predicted molar refractivity (Wildman–Crippen MR) is 110 cm³/mol. The third-order valence-corrected chi connectivity index (χ3v) is 4.94. The highest BCUT2D eigenvalue weighted by Crippen LogP contribution is 2.29. The van der Waals surface area contributed by atoms with Crippen molar-refractivity contribution in [2.75, 3.05) is 11.5 Å². The standard InChI is InChI=1S/C22H18N2O2S/c1-2-26-18-12-10-17(11-13-18)24-21(16-7-4-3-5-8-16)23-20(22(24)25)15-19-9-6-14-27-19/h3-15H,2H2,1H3/b20-15+. The monoisotopic (exact) mass is 374 g/mol. The van der Waals surface area contributed by atoms with E-state index in [1.807, 2.05) is 85.1 Å². The largest absolute Gasteiger partial charge is 0.494 e. The van der Waals surface area contributed by atoms with E-state index in [-0.39, 0.29) is 5.91 Å². The minimum absolute atomic E-state index is 0.133. The Bertz CT molecular complexity index is 991. The maximum absolute atomic E-state index is 13.1. The van der Waals surface area contributed by atoms with Gasteiger partial charge < -0.3 is 4.74 Å². The highest BCUT2D eigenvalue weighted by molar-refractivity contribution is 7.10. The molecule has 0 unspecified atom stereocenters. The van der Waals surface area contributed by atoms with Crippen LogP contribution in [0, 0.1) is 0 Å². The molecule has 5 heteroatoms. The number of ether oxygens (including phenoxy) is 1. The average molecular weight is 374 g/mol. The number of amides is 1. The van der Waals surface area contributed by atoms with E-state index >= 15 is 0 Å². The number of carbonyl (C=O) groups excluding carboxylic acids is 1. The van der Waals surface area contributed by atoms with Gasteiger partial charge in [0.15, 0.2) is 0 Å². The molecule has 27 heavy (non-hydrogen) atoms. The maximum Gasteiger partial charge on any atom is 0.282 e. The van der Waals surface area contributed by atoms with Gasteiger partial charge in [0.25, 0.3) is 5.91 Å². The Morgan fingerprint density at radius 3 is 2.48 bits per heavy atom. The summed E-state index contributed by atoms with van der Waals surface area (Å²) in [5.41, 5.74) is 2.10. The molecule has 0 radical (unpaired) electrons. The Labute approximate surface area is 162 Å². The van der Waals surface area contributed by atoms with Gasteiger partial charge in [-0.05, 0) is 48.7 Å². The Hall–Kier alpha value is -3.18. The summed E-state index contributed by atoms with van der Waals surface area (Å²) in [4.78, 5) is 20.5. The van der Waals surface area contributed by atoms with Gasteiger partial charge in [-0.2, -0.15) is 0 Å². The fourth-order valence-corrected chi connectivity index (χ4v) is 3.55. The number of hydrogen-bond donors (Lipinski definition) is 0. The highest BCUT2D eigenvalue weighted by Gasteiger charge is 2.32. The molecule has 0 spiro atoms. The Morgan fingerprint density at radius 1 is 1.04 bits per heavy atom. The molecule has 2 aromatic carbocycles. The second kappa shape index (κ2) is 7.60. The molecule has 4 rings (SSSR count). The van der Waals surface area contributed by atoms with Gasteiger partial charge >= 0.3 is 0 Å². The summed E-state index contributed by atoms with van der Waals surface area (Å²) in [6.07, 6.45) is 1.84. The molecule has 2 heterocycles. The molecule has 1 amide bonds. The smallest absolute Gasteiger partial charge is 0.282 e. The van der Waals surface area contributed by atoms with Gasteiger partial charge in [-0.15, -0.1) is 11.3 Å². The molecular weight excluding hydrogens is 356 g/mol. The van der Waals surface area contributed by atoms with Gasteiger partial charge in [-0.3, -0.25) is 9.69 Å². The first kappa shape index (κ1) is 17.2. The lowest BCUT2D eigenvalue weighted by Gasteiger charge is -2.19. The summed E-state index contributed by atoms with van der Waals surface area (Å²) in [5.74, 6) is 1.28. The van der Waals surface area contributed by atoms with E-state index in [1.165, 1.54) is 0 Å². The molecule has 134 valence electrons. The second-order valence-corrected chi connectivity index (χ2v) is 6.89. The van der Waals surface area contributed by atoms with Crippen LogP contribution in [0.25, 0.3) is 6.08 Å². The molecule has 0 fully saturated rings. The molecule has 1 aromatic heterocycles. The van der Waals surface area contributed by atoms with Crippen molar-refractivity contribution in [3.63, 3.8) is 0 Å². The molecule has 0 saturated heterocycles. The van der Waals surface area contributed by atoms with E-state index in [0.29, 0.717) is 18.1 Å². The molecule has 4 nitrogen and oxygen atoms in total. The zero-order valence-corrected chi connectivity index (χ0v) is 15.6. The van der Waals surface area contributed by atoms with Crippen molar-refractivity contribution in [3.8, 4) is 5.75 Å². The SMILES string of the molecule is CCOc1ccc(N2C(=O)/C(=C\c3cccs3)N=C2c2ccccc2)cc1. The van der Waals surface area contributed by atoms with E-state index in [1.54, 1.807) is 16.2 Å². The van der Waals surface area contributed by atoms with Gasteiger partial charge in [0.05, 0.1) is 12.3 Å². The van der Waals surface area contributed by atoms with Crippen molar-refractivity contribution in [1.29, 1.82) is 0 Å². The Kier molecular flexibility index (Phi) is 4.85. The number of benzene rings is 2. The number of thiophene rings is 1. The first-order chi connectivity index (χ1) is 13.3. The summed E-state index contributed by atoms with van der Waals surface area (Å²) < 4.78 is 5.51. The minimum Gasteiger partial charge on any atom is -0.494 e. The van der Waals surface area contributed by atoms with Crippen molar-refractivity contribution in [2.24, 2.45) is 4.99 Å². The van der Waals surface area contributed by atoms with Crippen LogP contribution in [0.15, 0.2) is 82.8 Å². The fraction of sp³-hybridized carbons (Fsp3) is 0.0909. The molecule has 1 aliphatic rings. The van der Waals surface area contributed by atoms with E-state index in [4.69, 9.17) is 4.74 Å². The van der Waals surface area contributed by atoms with E-state index in [9.17, 15) is 4.79 Å². The molecular formula is C22H18N2O2S. The fourth-order valence-electron chi connectivity index (χ4n) is 2.90. The molecule has 0 bridgehead atoms. The van der Waals surface area contributed by atoms with Crippen LogP contribution in [0.3, 0.4) is 0 Å². The first-order valence-corrected chi connectivity index (χ1v) is 9.61. The summed E-state index contributed by atoms with van der Waals surface area (Å²) >= 11 is 1.58. The lowest BCUT2D eigenvalue weighted by atomic mass is 10.1. The van der Waals surface area contributed by atoms with Gasteiger partial charge in [0.1, 0.15) is 17.3 Å². The van der Waals surface area contributed by atoms with Crippen LogP contribution in [0.1, 0.15) is 17.4 Å². The summed E-state index contributed by atoms with van der Waals surface area (Å²) in [6, 6.07) is 21.2. The van der Waals surface area contributed by atoms with E-state index < -0.39 is 0 Å². The predicted octanol–water partition coefficient (Wildman–Crippen LogP) is 4.98. The Morgan fingerprint density at radius 2 is 1.81 bits per heavy atom. The van der Waals surface area contributed by atoms with Crippen LogP contribution < -0.4 is 9.64 Å². The molecule has 0 saturated carbocycles. The number of anilines is 1. The summed E-state index contributed by atoms with van der Waals surface area (Å²) in [7, 11) is 0. The normalized spacial score (nSPS) is 15.3. The molecule has 0 aliphatic carbocycles. The van der Waals surface area contributed by atoms with Crippen molar-refractivity contribution >= 4 is 34.8 Å². The summed E-state index contributed by atoms with van der Waals surface area (Å²) in [6.45, 7) is 2.55. The van der Waals surface area contributed by atoms with Crippen molar-refractivity contribution in [2.45, 2.75) is 6.92 Å². The van der Waals surface area contributed by atoms with E-state index in [2.05, 4.69) is 4.99 Å². The third kappa shape index (κ3) is 3.55. The highest BCUT2D eigenvalue weighted by atomic mass is 32.1. The Balaban J connectivity index is 1.76.